The molecule has 1 saturated heterocycles. The minimum absolute atomic E-state index is 0.0500. The lowest BCUT2D eigenvalue weighted by Crippen LogP contribution is -2.32. The molecule has 0 spiro atoms. The van der Waals surface area contributed by atoms with Crippen LogP contribution >= 0.6 is 12.2 Å². The Kier molecular flexibility index (Phi) is 4.90. The maximum Gasteiger partial charge on any atom is 0.268 e. The van der Waals surface area contributed by atoms with Gasteiger partial charge in [0.25, 0.3) is 5.56 Å². The zero-order chi connectivity index (χ0) is 13.7. The number of nitrogens with zero attached hydrogens (tertiary/aromatic N) is 3. The molecule has 0 aromatic carbocycles. The Balaban J connectivity index is 2.00. The minimum Gasteiger partial charge on any atom is -0.393 e. The summed E-state index contributed by atoms with van der Waals surface area (Å²) in [6.07, 6.45) is 6.85. The molecular formula is C13H20N4OS. The van der Waals surface area contributed by atoms with Crippen LogP contribution in [0.25, 0.3) is 0 Å². The van der Waals surface area contributed by atoms with E-state index in [0.717, 1.165) is 25.2 Å². The third-order valence-electron chi connectivity index (χ3n) is 3.37. The van der Waals surface area contributed by atoms with E-state index in [1.165, 1.54) is 23.9 Å². The lowest BCUT2D eigenvalue weighted by Gasteiger charge is -2.28. The summed E-state index contributed by atoms with van der Waals surface area (Å²) in [5.74, 6) is 0. The van der Waals surface area contributed by atoms with E-state index in [2.05, 4.69) is 10.00 Å². The van der Waals surface area contributed by atoms with E-state index in [9.17, 15) is 4.79 Å². The molecule has 0 saturated carbocycles. The molecule has 1 aromatic rings. The van der Waals surface area contributed by atoms with Crippen molar-refractivity contribution in [3.8, 4) is 0 Å². The van der Waals surface area contributed by atoms with Crippen LogP contribution in [-0.2, 0) is 6.54 Å². The first-order valence-corrected chi connectivity index (χ1v) is 7.18. The molecule has 5 nitrogen and oxygen atoms in total. The number of rotatable bonds is 5. The van der Waals surface area contributed by atoms with Crippen molar-refractivity contribution in [2.45, 2.75) is 38.6 Å². The van der Waals surface area contributed by atoms with Crippen LogP contribution in [0.5, 0.6) is 0 Å². The first kappa shape index (κ1) is 14.0. The number of hydrogen-bond acceptors (Lipinski definition) is 4. The van der Waals surface area contributed by atoms with Crippen LogP contribution < -0.4 is 16.2 Å². The number of piperidine rings is 1. The topological polar surface area (TPSA) is 64.2 Å². The van der Waals surface area contributed by atoms with Gasteiger partial charge in [0.15, 0.2) is 0 Å². The highest BCUT2D eigenvalue weighted by Crippen LogP contribution is 2.16. The summed E-state index contributed by atoms with van der Waals surface area (Å²) >= 11 is 4.81. The zero-order valence-corrected chi connectivity index (χ0v) is 11.9. The molecule has 0 atom stereocenters. The summed E-state index contributed by atoms with van der Waals surface area (Å²) in [5, 5.41) is 4.23. The molecule has 0 radical (unpaired) electrons. The van der Waals surface area contributed by atoms with Crippen molar-refractivity contribution in [3.63, 3.8) is 0 Å². The summed E-state index contributed by atoms with van der Waals surface area (Å²) in [6.45, 7) is 2.61. The van der Waals surface area contributed by atoms with Gasteiger partial charge in [-0.15, -0.1) is 0 Å². The Morgan fingerprint density at radius 2 is 2.11 bits per heavy atom. The van der Waals surface area contributed by atoms with Crippen LogP contribution in [0.15, 0.2) is 17.1 Å². The second kappa shape index (κ2) is 6.65. The van der Waals surface area contributed by atoms with Crippen molar-refractivity contribution in [1.29, 1.82) is 0 Å². The average Bonchev–Trinajstić information content (AvgIpc) is 2.41. The molecule has 6 heteroatoms. The van der Waals surface area contributed by atoms with Gasteiger partial charge in [-0.1, -0.05) is 12.2 Å². The highest BCUT2D eigenvalue weighted by molar-refractivity contribution is 7.80. The molecular weight excluding hydrogens is 260 g/mol. The molecule has 0 unspecified atom stereocenters. The van der Waals surface area contributed by atoms with Crippen molar-refractivity contribution in [2.75, 3.05) is 18.0 Å². The highest BCUT2D eigenvalue weighted by atomic mass is 32.1. The maximum absolute atomic E-state index is 12.0. The smallest absolute Gasteiger partial charge is 0.268 e. The Morgan fingerprint density at radius 1 is 1.37 bits per heavy atom. The Hall–Kier alpha value is -1.43. The molecule has 1 aromatic heterocycles. The van der Waals surface area contributed by atoms with Gasteiger partial charge in [-0.2, -0.15) is 5.10 Å². The second-order valence-electron chi connectivity index (χ2n) is 4.89. The summed E-state index contributed by atoms with van der Waals surface area (Å²) in [6, 6.07) is 1.68. The monoisotopic (exact) mass is 280 g/mol. The Bertz CT molecular complexity index is 494. The third kappa shape index (κ3) is 4.02. The fourth-order valence-electron chi connectivity index (χ4n) is 2.32. The van der Waals surface area contributed by atoms with Crippen molar-refractivity contribution in [1.82, 2.24) is 9.78 Å². The number of nitrogens with two attached hydrogens (primary N) is 1. The van der Waals surface area contributed by atoms with E-state index in [0.29, 0.717) is 18.0 Å². The van der Waals surface area contributed by atoms with Crippen LogP contribution in [0.2, 0.25) is 0 Å². The van der Waals surface area contributed by atoms with Gasteiger partial charge >= 0.3 is 0 Å². The normalized spacial score (nSPS) is 15.5. The molecule has 1 aliphatic rings. The number of aryl methyl sites for hydroxylation is 1. The molecule has 19 heavy (non-hydrogen) atoms. The Labute approximate surface area is 118 Å². The van der Waals surface area contributed by atoms with Crippen molar-refractivity contribution in [2.24, 2.45) is 5.73 Å². The zero-order valence-electron chi connectivity index (χ0n) is 11.0. The molecule has 2 heterocycles. The third-order valence-corrected chi connectivity index (χ3v) is 3.57. The SMILES string of the molecule is NC(=S)CCCn1ncc(N2CCCCC2)cc1=O. The molecule has 2 N–H and O–H groups in total. The molecule has 104 valence electrons. The second-order valence-corrected chi connectivity index (χ2v) is 5.42. The molecule has 2 rings (SSSR count). The van der Waals surface area contributed by atoms with E-state index in [-0.39, 0.29) is 5.56 Å². The molecule has 1 fully saturated rings. The first-order valence-electron chi connectivity index (χ1n) is 6.77. The van der Waals surface area contributed by atoms with Crippen LogP contribution in [0.3, 0.4) is 0 Å². The molecule has 0 aliphatic carbocycles. The summed E-state index contributed by atoms with van der Waals surface area (Å²) in [4.78, 5) is 14.7. The van der Waals surface area contributed by atoms with Crippen LogP contribution in [-0.4, -0.2) is 27.9 Å². The number of anilines is 1. The standard InChI is InChI=1S/C13H20N4OS/c14-12(19)5-4-8-17-13(18)9-11(10-15-17)16-6-2-1-3-7-16/h9-10H,1-8H2,(H2,14,19). The van der Waals surface area contributed by atoms with Gasteiger partial charge in [-0.3, -0.25) is 4.79 Å². The summed E-state index contributed by atoms with van der Waals surface area (Å²) in [5.41, 5.74) is 6.32. The van der Waals surface area contributed by atoms with Crippen molar-refractivity contribution >= 4 is 22.9 Å². The van der Waals surface area contributed by atoms with E-state index in [4.69, 9.17) is 18.0 Å². The van der Waals surface area contributed by atoms with Crippen LogP contribution in [0, 0.1) is 0 Å². The largest absolute Gasteiger partial charge is 0.393 e. The first-order chi connectivity index (χ1) is 9.16. The molecule has 0 amide bonds. The van der Waals surface area contributed by atoms with Crippen molar-refractivity contribution < 1.29 is 0 Å². The molecule has 1 aliphatic heterocycles. The number of thiocarbonyl (C=S) groups is 1. The van der Waals surface area contributed by atoms with Gasteiger partial charge < -0.3 is 10.6 Å². The van der Waals surface area contributed by atoms with Crippen molar-refractivity contribution in [3.05, 3.63) is 22.6 Å². The number of aromatic nitrogens is 2. The minimum atomic E-state index is -0.0500. The van der Waals surface area contributed by atoms with Gasteiger partial charge in [0.05, 0.1) is 16.9 Å². The predicted octanol–water partition coefficient (Wildman–Crippen LogP) is 1.30. The fraction of sp³-hybridized carbons (Fsp3) is 0.615. The van der Waals surface area contributed by atoms with Gasteiger partial charge in [-0.25, -0.2) is 4.68 Å². The van der Waals surface area contributed by atoms with Crippen LogP contribution in [0.1, 0.15) is 32.1 Å². The van der Waals surface area contributed by atoms with E-state index < -0.39 is 0 Å². The highest BCUT2D eigenvalue weighted by Gasteiger charge is 2.12. The van der Waals surface area contributed by atoms with Gasteiger partial charge in [0.1, 0.15) is 0 Å². The van der Waals surface area contributed by atoms with E-state index in [1.807, 2.05) is 0 Å². The van der Waals surface area contributed by atoms with Gasteiger partial charge in [0.2, 0.25) is 0 Å². The average molecular weight is 280 g/mol. The van der Waals surface area contributed by atoms with Gasteiger partial charge in [0, 0.05) is 25.7 Å². The van der Waals surface area contributed by atoms with E-state index >= 15 is 0 Å². The lowest BCUT2D eigenvalue weighted by atomic mass is 10.1. The van der Waals surface area contributed by atoms with Crippen LogP contribution in [0.4, 0.5) is 5.69 Å². The number of hydrogen-bond donors (Lipinski definition) is 1. The van der Waals surface area contributed by atoms with E-state index in [1.54, 1.807) is 12.3 Å². The maximum atomic E-state index is 12.0. The summed E-state index contributed by atoms with van der Waals surface area (Å²) < 4.78 is 1.48. The Morgan fingerprint density at radius 3 is 2.74 bits per heavy atom. The lowest BCUT2D eigenvalue weighted by molar-refractivity contribution is 0.547. The predicted molar refractivity (Wildman–Crippen MR) is 80.6 cm³/mol. The molecule has 0 bridgehead atoms. The fourth-order valence-corrected chi connectivity index (χ4v) is 2.46. The van der Waals surface area contributed by atoms with Gasteiger partial charge in [-0.05, 0) is 32.1 Å². The quantitative estimate of drug-likeness (QED) is 0.824. The summed E-state index contributed by atoms with van der Waals surface area (Å²) in [7, 11) is 0.